The van der Waals surface area contributed by atoms with Gasteiger partial charge in [0.2, 0.25) is 0 Å². The predicted octanol–water partition coefficient (Wildman–Crippen LogP) is 7.04. The predicted molar refractivity (Wildman–Crippen MR) is 154 cm³/mol. The SMILES string of the molecule is N#C/C(=C\c1ccc(Sc2nc3ccc(N4C(=O)c5ccccc5C4=O)cc3s2)o1)C(=O)Nc1ccc(Cl)cc1. The van der Waals surface area contributed by atoms with Crippen molar-refractivity contribution in [3.05, 3.63) is 106 Å². The highest BCUT2D eigenvalue weighted by Gasteiger charge is 2.36. The quantitative estimate of drug-likeness (QED) is 0.130. The van der Waals surface area contributed by atoms with Crippen LogP contribution in [0.25, 0.3) is 16.3 Å². The number of benzene rings is 3. The number of nitrogens with zero attached hydrogens (tertiary/aromatic N) is 3. The Labute approximate surface area is 240 Å². The van der Waals surface area contributed by atoms with Crippen molar-refractivity contribution in [1.29, 1.82) is 5.26 Å². The topological polar surface area (TPSA) is 116 Å². The number of furan rings is 1. The van der Waals surface area contributed by atoms with Crippen LogP contribution < -0.4 is 10.2 Å². The zero-order valence-electron chi connectivity index (χ0n) is 20.3. The van der Waals surface area contributed by atoms with Crippen LogP contribution in [0, 0.1) is 11.3 Å². The maximum atomic E-state index is 12.9. The molecular weight excluding hydrogens is 568 g/mol. The Hall–Kier alpha value is -4.69. The van der Waals surface area contributed by atoms with Gasteiger partial charge >= 0.3 is 0 Å². The van der Waals surface area contributed by atoms with Gasteiger partial charge in [-0.15, -0.1) is 11.3 Å². The van der Waals surface area contributed by atoms with Crippen LogP contribution in [0.4, 0.5) is 11.4 Å². The molecule has 3 heterocycles. The monoisotopic (exact) mass is 582 g/mol. The highest BCUT2D eigenvalue weighted by Crippen LogP contribution is 2.38. The number of imide groups is 1. The zero-order valence-corrected chi connectivity index (χ0v) is 22.6. The smallest absolute Gasteiger partial charge is 0.266 e. The fraction of sp³-hybridized carbons (Fsp3) is 0. The summed E-state index contributed by atoms with van der Waals surface area (Å²) in [4.78, 5) is 44.0. The van der Waals surface area contributed by atoms with Crippen molar-refractivity contribution in [1.82, 2.24) is 4.98 Å². The minimum absolute atomic E-state index is 0.124. The van der Waals surface area contributed by atoms with Crippen LogP contribution in [0.2, 0.25) is 5.02 Å². The molecule has 0 saturated heterocycles. The number of hydrogen-bond donors (Lipinski definition) is 1. The lowest BCUT2D eigenvalue weighted by Crippen LogP contribution is -2.29. The summed E-state index contributed by atoms with van der Waals surface area (Å²) >= 11 is 8.53. The van der Waals surface area contributed by atoms with Crippen LogP contribution in [0.1, 0.15) is 26.5 Å². The summed E-state index contributed by atoms with van der Waals surface area (Å²) in [6.45, 7) is 0. The lowest BCUT2D eigenvalue weighted by molar-refractivity contribution is -0.112. The largest absolute Gasteiger partial charge is 0.450 e. The third-order valence-corrected chi connectivity index (χ3v) is 8.20. The highest BCUT2D eigenvalue weighted by atomic mass is 35.5. The van der Waals surface area contributed by atoms with Crippen LogP contribution in [0.15, 0.2) is 98.3 Å². The Kier molecular flexibility index (Phi) is 6.69. The second kappa shape index (κ2) is 10.5. The van der Waals surface area contributed by atoms with E-state index in [2.05, 4.69) is 10.3 Å². The molecule has 8 nitrogen and oxygen atoms in total. The van der Waals surface area contributed by atoms with Gasteiger partial charge in [0.15, 0.2) is 9.43 Å². The minimum atomic E-state index is -0.574. The Bertz CT molecular complexity index is 1870. The van der Waals surface area contributed by atoms with Crippen LogP contribution in [0.5, 0.6) is 0 Å². The molecule has 1 aliphatic rings. The van der Waals surface area contributed by atoms with Crippen molar-refractivity contribution in [2.75, 3.05) is 10.2 Å². The molecule has 0 fully saturated rings. The second-order valence-electron chi connectivity index (χ2n) is 8.51. The van der Waals surface area contributed by atoms with Gasteiger partial charge in [-0.3, -0.25) is 14.4 Å². The molecule has 3 amide bonds. The number of carbonyl (C=O) groups excluding carboxylic acids is 3. The molecule has 0 atom stereocenters. The highest BCUT2D eigenvalue weighted by molar-refractivity contribution is 8.01. The maximum Gasteiger partial charge on any atom is 0.266 e. The molecule has 5 aromatic rings. The minimum Gasteiger partial charge on any atom is -0.450 e. The van der Waals surface area contributed by atoms with Crippen LogP contribution in [-0.4, -0.2) is 22.7 Å². The average molecular weight is 583 g/mol. The molecule has 0 aliphatic carbocycles. The fourth-order valence-corrected chi connectivity index (χ4v) is 6.20. The summed E-state index contributed by atoms with van der Waals surface area (Å²) in [5.74, 6) is -0.947. The van der Waals surface area contributed by atoms with E-state index in [1.807, 2.05) is 6.07 Å². The number of aromatic nitrogens is 1. The molecule has 11 heteroatoms. The number of thiazole rings is 1. The van der Waals surface area contributed by atoms with Crippen molar-refractivity contribution in [2.45, 2.75) is 9.43 Å². The van der Waals surface area contributed by atoms with Gasteiger partial charge in [0.05, 0.1) is 27.0 Å². The average Bonchev–Trinajstić information content (AvgIpc) is 3.64. The standard InChI is InChI=1S/C29H15ClN4O4S2/c30-17-5-7-18(8-6-17)32-26(35)16(15-31)13-20-10-12-25(38-20)40-29-33-23-11-9-19(14-24(23)39-29)34-27(36)21-3-1-2-4-22(21)28(34)37/h1-14H,(H,32,35)/b16-13+. The van der Waals surface area contributed by atoms with E-state index in [1.54, 1.807) is 78.9 Å². The molecule has 1 aliphatic heterocycles. The summed E-state index contributed by atoms with van der Waals surface area (Å²) < 4.78 is 7.29. The van der Waals surface area contributed by atoms with E-state index in [4.69, 9.17) is 16.0 Å². The third-order valence-electron chi connectivity index (χ3n) is 5.95. The van der Waals surface area contributed by atoms with E-state index >= 15 is 0 Å². The van der Waals surface area contributed by atoms with Gasteiger partial charge in [0, 0.05) is 16.8 Å². The Morgan fingerprint density at radius 2 is 1.75 bits per heavy atom. The zero-order chi connectivity index (χ0) is 27.8. The van der Waals surface area contributed by atoms with Gasteiger partial charge in [-0.2, -0.15) is 5.26 Å². The van der Waals surface area contributed by atoms with E-state index in [-0.39, 0.29) is 17.4 Å². The molecule has 2 aromatic heterocycles. The molecule has 0 saturated carbocycles. The maximum absolute atomic E-state index is 12.9. The van der Waals surface area contributed by atoms with Gasteiger partial charge in [0.25, 0.3) is 17.7 Å². The lowest BCUT2D eigenvalue weighted by Gasteiger charge is -2.13. The van der Waals surface area contributed by atoms with E-state index in [0.717, 1.165) is 4.70 Å². The van der Waals surface area contributed by atoms with Crippen LogP contribution in [0.3, 0.4) is 0 Å². The lowest BCUT2D eigenvalue weighted by atomic mass is 10.1. The summed E-state index contributed by atoms with van der Waals surface area (Å²) in [6.07, 6.45) is 1.36. The second-order valence-corrected chi connectivity index (χ2v) is 11.2. The number of carbonyl (C=O) groups is 3. The van der Waals surface area contributed by atoms with E-state index in [0.29, 0.717) is 48.2 Å². The summed E-state index contributed by atoms with van der Waals surface area (Å²) in [6, 6.07) is 23.8. The number of anilines is 2. The molecule has 40 heavy (non-hydrogen) atoms. The van der Waals surface area contributed by atoms with Gasteiger partial charge in [0.1, 0.15) is 17.4 Å². The van der Waals surface area contributed by atoms with Crippen LogP contribution in [-0.2, 0) is 4.79 Å². The number of amides is 3. The van der Waals surface area contributed by atoms with Gasteiger partial charge < -0.3 is 9.73 Å². The van der Waals surface area contributed by atoms with E-state index < -0.39 is 5.91 Å². The summed E-state index contributed by atoms with van der Waals surface area (Å²) in [7, 11) is 0. The molecule has 3 aromatic carbocycles. The van der Waals surface area contributed by atoms with Gasteiger partial charge in [-0.05, 0) is 78.5 Å². The number of hydrogen-bond acceptors (Lipinski definition) is 8. The number of nitrogens with one attached hydrogen (secondary N) is 1. The Balaban J connectivity index is 1.18. The fourth-order valence-electron chi connectivity index (χ4n) is 4.07. The molecule has 0 unspecified atom stereocenters. The van der Waals surface area contributed by atoms with Crippen LogP contribution >= 0.6 is 34.7 Å². The Morgan fingerprint density at radius 3 is 2.45 bits per heavy atom. The van der Waals surface area contributed by atoms with Crippen molar-refractivity contribution in [3.63, 3.8) is 0 Å². The number of nitriles is 1. The van der Waals surface area contributed by atoms with Crippen molar-refractivity contribution >= 4 is 80.1 Å². The van der Waals surface area contributed by atoms with Gasteiger partial charge in [-0.25, -0.2) is 9.88 Å². The molecule has 0 bridgehead atoms. The first-order valence-corrected chi connectivity index (χ1v) is 13.8. The molecule has 0 radical (unpaired) electrons. The Morgan fingerprint density at radius 1 is 1.02 bits per heavy atom. The van der Waals surface area contributed by atoms with Crippen molar-refractivity contribution < 1.29 is 18.8 Å². The molecule has 0 spiro atoms. The third kappa shape index (κ3) is 4.89. The first-order chi connectivity index (χ1) is 19.4. The first kappa shape index (κ1) is 25.6. The normalized spacial score (nSPS) is 13.0. The molecule has 1 N–H and O–H groups in total. The summed E-state index contributed by atoms with van der Waals surface area (Å²) in [5.41, 5.74) is 2.35. The van der Waals surface area contributed by atoms with E-state index in [1.165, 1.54) is 34.1 Å². The van der Waals surface area contributed by atoms with Crippen molar-refractivity contribution in [3.8, 4) is 6.07 Å². The molecular formula is C29H15ClN4O4S2. The van der Waals surface area contributed by atoms with E-state index in [9.17, 15) is 19.6 Å². The first-order valence-electron chi connectivity index (χ1n) is 11.7. The molecule has 194 valence electrons. The molecule has 6 rings (SSSR count). The number of halogens is 1. The summed E-state index contributed by atoms with van der Waals surface area (Å²) in [5, 5.41) is 13.2. The number of rotatable bonds is 6. The van der Waals surface area contributed by atoms with Crippen molar-refractivity contribution in [2.24, 2.45) is 0 Å². The van der Waals surface area contributed by atoms with Gasteiger partial charge in [-0.1, -0.05) is 23.7 Å². The number of fused-ring (bicyclic) bond motifs is 2.